The number of ether oxygens (including phenoxy) is 1. The van der Waals surface area contributed by atoms with Crippen molar-refractivity contribution in [1.82, 2.24) is 0 Å². The minimum absolute atomic E-state index is 0.248. The van der Waals surface area contributed by atoms with Crippen molar-refractivity contribution < 1.29 is 13.5 Å². The molecule has 10 rings (SSSR count). The fraction of sp³-hybridized carbons (Fsp3) is 0.0588. The van der Waals surface area contributed by atoms with Crippen molar-refractivity contribution in [1.29, 1.82) is 0 Å². The smallest absolute Gasteiger partial charge is 0.137 e. The standard InChI is InChI=1S/C51H36F2N2O/c1-32(2)33-27-46-45-31-48(55(37-13-7-4-8-14-37)39-23-19-35(53)20-24-39)42-16-10-9-15-41(42)44(45)30-47-43-26-25-40(29-49(43)56-50(28-33)51(46)47)54(36-11-5-3-6-12-36)38-21-17-34(52)18-22-38/h3-32H,1-2H3. The van der Waals surface area contributed by atoms with E-state index in [4.69, 9.17) is 4.74 Å². The van der Waals surface area contributed by atoms with Gasteiger partial charge in [-0.1, -0.05) is 74.5 Å². The summed E-state index contributed by atoms with van der Waals surface area (Å²) < 4.78 is 35.4. The molecule has 0 aromatic heterocycles. The van der Waals surface area contributed by atoms with Crippen LogP contribution in [0.2, 0.25) is 0 Å². The van der Waals surface area contributed by atoms with Crippen LogP contribution in [0.25, 0.3) is 43.4 Å². The van der Waals surface area contributed by atoms with Crippen LogP contribution in [0.4, 0.5) is 42.9 Å². The van der Waals surface area contributed by atoms with Crippen molar-refractivity contribution in [2.24, 2.45) is 0 Å². The lowest BCUT2D eigenvalue weighted by atomic mass is 9.86. The molecule has 0 N–H and O–H groups in total. The molecule has 0 unspecified atom stereocenters. The van der Waals surface area contributed by atoms with Crippen LogP contribution < -0.4 is 14.5 Å². The van der Waals surface area contributed by atoms with Crippen LogP contribution in [0, 0.1) is 11.6 Å². The maximum Gasteiger partial charge on any atom is 0.137 e. The topological polar surface area (TPSA) is 15.7 Å². The number of para-hydroxylation sites is 2. The van der Waals surface area contributed by atoms with Gasteiger partial charge in [0.15, 0.2) is 0 Å². The van der Waals surface area contributed by atoms with Gasteiger partial charge in [-0.3, -0.25) is 0 Å². The molecule has 0 saturated heterocycles. The summed E-state index contributed by atoms with van der Waals surface area (Å²) in [6.45, 7) is 4.42. The predicted molar refractivity (Wildman–Crippen MR) is 228 cm³/mol. The van der Waals surface area contributed by atoms with E-state index in [0.29, 0.717) is 0 Å². The van der Waals surface area contributed by atoms with Crippen molar-refractivity contribution in [3.8, 4) is 22.6 Å². The minimum atomic E-state index is -0.281. The number of hydrogen-bond acceptors (Lipinski definition) is 3. The molecular weight excluding hydrogens is 695 g/mol. The Hall–Kier alpha value is -6.98. The van der Waals surface area contributed by atoms with E-state index < -0.39 is 0 Å². The third kappa shape index (κ3) is 5.63. The van der Waals surface area contributed by atoms with Crippen molar-refractivity contribution in [2.75, 3.05) is 9.80 Å². The molecule has 0 fully saturated rings. The predicted octanol–water partition coefficient (Wildman–Crippen LogP) is 15.3. The molecule has 1 aliphatic rings. The lowest BCUT2D eigenvalue weighted by molar-refractivity contribution is 0.486. The van der Waals surface area contributed by atoms with E-state index in [1.54, 1.807) is 12.1 Å². The lowest BCUT2D eigenvalue weighted by Crippen LogP contribution is -2.11. The zero-order valence-corrected chi connectivity index (χ0v) is 30.9. The molecule has 270 valence electrons. The van der Waals surface area contributed by atoms with E-state index in [0.717, 1.165) is 89.1 Å². The zero-order valence-electron chi connectivity index (χ0n) is 30.9. The summed E-state index contributed by atoms with van der Waals surface area (Å²) in [7, 11) is 0. The normalized spacial score (nSPS) is 11.9. The molecule has 1 heterocycles. The molecule has 5 heteroatoms. The maximum absolute atomic E-state index is 14.3. The molecule has 0 bridgehead atoms. The van der Waals surface area contributed by atoms with Crippen LogP contribution in [0.15, 0.2) is 176 Å². The van der Waals surface area contributed by atoms with E-state index in [-0.39, 0.29) is 17.6 Å². The lowest BCUT2D eigenvalue weighted by Gasteiger charge is -2.30. The number of rotatable bonds is 7. The van der Waals surface area contributed by atoms with Crippen molar-refractivity contribution in [3.05, 3.63) is 193 Å². The summed E-state index contributed by atoms with van der Waals surface area (Å²) in [6.07, 6.45) is 0. The van der Waals surface area contributed by atoms with Gasteiger partial charge in [0.2, 0.25) is 0 Å². The summed E-state index contributed by atoms with van der Waals surface area (Å²) in [6, 6.07) is 57.7. The Kier molecular flexibility index (Phi) is 8.03. The van der Waals surface area contributed by atoms with Gasteiger partial charge in [-0.05, 0) is 148 Å². The van der Waals surface area contributed by atoms with Crippen molar-refractivity contribution >= 4 is 66.4 Å². The molecule has 0 aliphatic carbocycles. The van der Waals surface area contributed by atoms with Gasteiger partial charge in [-0.15, -0.1) is 0 Å². The first kappa shape index (κ1) is 33.6. The fourth-order valence-electron chi connectivity index (χ4n) is 8.20. The van der Waals surface area contributed by atoms with Crippen molar-refractivity contribution in [2.45, 2.75) is 19.8 Å². The van der Waals surface area contributed by atoms with E-state index >= 15 is 0 Å². The summed E-state index contributed by atoms with van der Waals surface area (Å²) in [5.74, 6) is 1.26. The second-order valence-corrected chi connectivity index (χ2v) is 14.6. The molecule has 0 spiro atoms. The molecule has 0 atom stereocenters. The van der Waals surface area contributed by atoms with Gasteiger partial charge in [0.1, 0.15) is 23.1 Å². The van der Waals surface area contributed by atoms with Gasteiger partial charge in [0.05, 0.1) is 5.69 Å². The molecule has 1 aliphatic heterocycles. The summed E-state index contributed by atoms with van der Waals surface area (Å²) in [5, 5.41) is 6.63. The number of benzene rings is 9. The van der Waals surface area contributed by atoms with Gasteiger partial charge < -0.3 is 14.5 Å². The van der Waals surface area contributed by atoms with Gasteiger partial charge in [0.25, 0.3) is 0 Å². The molecule has 56 heavy (non-hydrogen) atoms. The number of fused-ring (bicyclic) bond motifs is 6. The Morgan fingerprint density at radius 2 is 0.946 bits per heavy atom. The highest BCUT2D eigenvalue weighted by Gasteiger charge is 2.27. The third-order valence-corrected chi connectivity index (χ3v) is 10.9. The fourth-order valence-corrected chi connectivity index (χ4v) is 8.20. The van der Waals surface area contributed by atoms with Crippen LogP contribution in [-0.4, -0.2) is 0 Å². The number of hydrogen-bond donors (Lipinski definition) is 0. The molecule has 0 saturated carbocycles. The quantitative estimate of drug-likeness (QED) is 0.152. The minimum Gasteiger partial charge on any atom is -0.456 e. The van der Waals surface area contributed by atoms with Crippen LogP contribution in [0.5, 0.6) is 11.5 Å². The molecule has 0 amide bonds. The van der Waals surface area contributed by atoms with E-state index in [1.165, 1.54) is 29.8 Å². The highest BCUT2D eigenvalue weighted by atomic mass is 19.1. The van der Waals surface area contributed by atoms with Crippen LogP contribution in [-0.2, 0) is 0 Å². The largest absolute Gasteiger partial charge is 0.456 e. The van der Waals surface area contributed by atoms with Crippen molar-refractivity contribution in [3.63, 3.8) is 0 Å². The number of halogens is 2. The maximum atomic E-state index is 14.3. The summed E-state index contributed by atoms with van der Waals surface area (Å²) in [4.78, 5) is 4.33. The Morgan fingerprint density at radius 1 is 0.411 bits per heavy atom. The second-order valence-electron chi connectivity index (χ2n) is 14.6. The highest BCUT2D eigenvalue weighted by Crippen LogP contribution is 2.53. The van der Waals surface area contributed by atoms with Gasteiger partial charge in [-0.25, -0.2) is 8.78 Å². The summed E-state index contributed by atoms with van der Waals surface area (Å²) in [5.41, 5.74) is 8.84. The Morgan fingerprint density at radius 3 is 1.59 bits per heavy atom. The first-order valence-corrected chi connectivity index (χ1v) is 18.9. The van der Waals surface area contributed by atoms with Gasteiger partial charge >= 0.3 is 0 Å². The third-order valence-electron chi connectivity index (χ3n) is 10.9. The SMILES string of the molecule is CC(C)c1cc2c3c(cc4c5ccccc5c(N(c5ccccc5)c5ccc(F)cc5)cc4c3c1)-c1ccc(N(c3ccccc3)c3ccc(F)cc3)cc1O2. The van der Waals surface area contributed by atoms with Gasteiger partial charge in [-0.2, -0.15) is 0 Å². The van der Waals surface area contributed by atoms with Gasteiger partial charge in [0, 0.05) is 50.8 Å². The number of nitrogens with zero attached hydrogens (tertiary/aromatic N) is 2. The van der Waals surface area contributed by atoms with Crippen LogP contribution in [0.3, 0.4) is 0 Å². The van der Waals surface area contributed by atoms with E-state index in [1.807, 2.05) is 48.5 Å². The Labute approximate surface area is 324 Å². The Balaban J connectivity index is 1.23. The first-order chi connectivity index (χ1) is 27.4. The monoisotopic (exact) mass is 730 g/mol. The molecule has 9 aromatic rings. The highest BCUT2D eigenvalue weighted by molar-refractivity contribution is 6.26. The van der Waals surface area contributed by atoms with Crippen LogP contribution >= 0.6 is 0 Å². The Bertz CT molecular complexity index is 2930. The molecule has 3 nitrogen and oxygen atoms in total. The number of anilines is 6. The molecule has 0 radical (unpaired) electrons. The average molecular weight is 731 g/mol. The average Bonchev–Trinajstić information content (AvgIpc) is 3.23. The van der Waals surface area contributed by atoms with E-state index in [2.05, 4.69) is 115 Å². The second kappa shape index (κ2) is 13.4. The summed E-state index contributed by atoms with van der Waals surface area (Å²) >= 11 is 0. The first-order valence-electron chi connectivity index (χ1n) is 18.9. The van der Waals surface area contributed by atoms with E-state index in [9.17, 15) is 8.78 Å². The molecule has 9 aromatic carbocycles. The molecular formula is C51H36F2N2O. The zero-order chi connectivity index (χ0) is 37.9. The van der Waals surface area contributed by atoms with Crippen LogP contribution in [0.1, 0.15) is 25.3 Å².